The van der Waals surface area contributed by atoms with Crippen molar-refractivity contribution in [2.24, 2.45) is 0 Å². The summed E-state index contributed by atoms with van der Waals surface area (Å²) in [6.07, 6.45) is 0.0182. The second kappa shape index (κ2) is 9.79. The lowest BCUT2D eigenvalue weighted by molar-refractivity contribution is -0.148. The number of nitrogens with one attached hydrogen (secondary N) is 1. The van der Waals surface area contributed by atoms with Gasteiger partial charge in [-0.3, -0.25) is 14.5 Å². The van der Waals surface area contributed by atoms with E-state index in [4.69, 9.17) is 4.74 Å². The van der Waals surface area contributed by atoms with Crippen molar-refractivity contribution in [3.8, 4) is 6.07 Å². The first kappa shape index (κ1) is 23.5. The zero-order valence-corrected chi connectivity index (χ0v) is 19.4. The van der Waals surface area contributed by atoms with E-state index < -0.39 is 36.2 Å². The van der Waals surface area contributed by atoms with Crippen LogP contribution in [0.25, 0.3) is 16.6 Å². The molecule has 0 bridgehead atoms. The van der Waals surface area contributed by atoms with Crippen LogP contribution in [0.1, 0.15) is 32.1 Å². The molecule has 1 aliphatic rings. The van der Waals surface area contributed by atoms with E-state index in [2.05, 4.69) is 9.97 Å². The molecule has 37 heavy (non-hydrogen) atoms. The molecule has 182 valence electrons. The number of H-pyrrole nitrogens is 1. The summed E-state index contributed by atoms with van der Waals surface area (Å²) < 4.78 is 5.34. The van der Waals surface area contributed by atoms with Crippen molar-refractivity contribution < 1.29 is 24.2 Å². The first-order chi connectivity index (χ1) is 18.0. The Morgan fingerprint density at radius 3 is 2.24 bits per heavy atom. The summed E-state index contributed by atoms with van der Waals surface area (Å²) in [5, 5.41) is 20.2. The van der Waals surface area contributed by atoms with Crippen molar-refractivity contribution in [1.29, 1.82) is 5.26 Å². The van der Waals surface area contributed by atoms with Gasteiger partial charge in [0.1, 0.15) is 24.3 Å². The molecule has 9 nitrogen and oxygen atoms in total. The highest BCUT2D eigenvalue weighted by molar-refractivity contribution is 6.22. The SMILES string of the molecule is N#C/C(=C(\O)COC(=O)[C@@H](Cc1ccccc1)N1C(=O)c2ccccc2C1=O)c1nc2ccccc2[nH]1. The minimum absolute atomic E-state index is 0.0182. The van der Waals surface area contributed by atoms with Gasteiger partial charge in [-0.15, -0.1) is 0 Å². The molecule has 4 aromatic rings. The predicted octanol–water partition coefficient (Wildman–Crippen LogP) is 3.81. The van der Waals surface area contributed by atoms with E-state index in [1.807, 2.05) is 12.1 Å². The number of esters is 1. The van der Waals surface area contributed by atoms with Gasteiger partial charge in [0.15, 0.2) is 11.6 Å². The lowest BCUT2D eigenvalue weighted by Crippen LogP contribution is -2.47. The number of allylic oxidation sites excluding steroid dienone is 1. The number of benzene rings is 3. The van der Waals surface area contributed by atoms with Crippen molar-refractivity contribution in [3.63, 3.8) is 0 Å². The number of rotatable bonds is 7. The highest BCUT2D eigenvalue weighted by Crippen LogP contribution is 2.27. The number of aromatic nitrogens is 2. The van der Waals surface area contributed by atoms with Crippen molar-refractivity contribution in [2.75, 3.05) is 6.61 Å². The van der Waals surface area contributed by atoms with Crippen molar-refractivity contribution in [3.05, 3.63) is 107 Å². The van der Waals surface area contributed by atoms with Gasteiger partial charge < -0.3 is 14.8 Å². The number of hydrogen-bond acceptors (Lipinski definition) is 7. The van der Waals surface area contributed by atoms with Crippen LogP contribution in [0.2, 0.25) is 0 Å². The normalized spacial score (nSPS) is 14.2. The fourth-order valence-corrected chi connectivity index (χ4v) is 4.24. The topological polar surface area (TPSA) is 136 Å². The number of nitriles is 1. The van der Waals surface area contributed by atoms with Gasteiger partial charge in [-0.05, 0) is 29.8 Å². The van der Waals surface area contributed by atoms with Crippen LogP contribution in [0.3, 0.4) is 0 Å². The Morgan fingerprint density at radius 2 is 1.59 bits per heavy atom. The average Bonchev–Trinajstić information content (AvgIpc) is 3.46. The largest absolute Gasteiger partial charge is 0.507 e. The number of hydrogen-bond donors (Lipinski definition) is 2. The number of carbonyl (C=O) groups excluding carboxylic acids is 3. The van der Waals surface area contributed by atoms with Crippen molar-refractivity contribution in [2.45, 2.75) is 12.5 Å². The van der Waals surface area contributed by atoms with E-state index >= 15 is 0 Å². The van der Waals surface area contributed by atoms with Gasteiger partial charge in [-0.25, -0.2) is 9.78 Å². The van der Waals surface area contributed by atoms with Gasteiger partial charge in [0.25, 0.3) is 11.8 Å². The Kier molecular flexibility index (Phi) is 6.22. The lowest BCUT2D eigenvalue weighted by atomic mass is 10.0. The number of aliphatic hydroxyl groups is 1. The van der Waals surface area contributed by atoms with E-state index in [1.54, 1.807) is 60.7 Å². The number of aromatic amines is 1. The molecule has 0 fully saturated rings. The van der Waals surface area contributed by atoms with Gasteiger partial charge >= 0.3 is 5.97 Å². The standard InChI is InChI=1S/C28H20N4O5/c29-15-20(25-30-21-12-6-7-13-22(21)31-25)24(33)16-37-28(36)23(14-17-8-2-1-3-9-17)32-26(34)18-10-4-5-11-19(18)27(32)35/h1-13,23,33H,14,16H2,(H,30,31)/b24-20+/t23-/m1/s1. The second-order valence-corrected chi connectivity index (χ2v) is 8.38. The molecule has 2 N–H and O–H groups in total. The first-order valence-corrected chi connectivity index (χ1v) is 11.4. The number of amides is 2. The third-order valence-corrected chi connectivity index (χ3v) is 6.06. The van der Waals surface area contributed by atoms with Crippen LogP contribution in [0.4, 0.5) is 0 Å². The first-order valence-electron chi connectivity index (χ1n) is 11.4. The fourth-order valence-electron chi connectivity index (χ4n) is 4.24. The monoisotopic (exact) mass is 492 g/mol. The van der Waals surface area contributed by atoms with Gasteiger partial charge in [-0.2, -0.15) is 5.26 Å². The summed E-state index contributed by atoms with van der Waals surface area (Å²) in [5.74, 6) is -2.49. The van der Waals surface area contributed by atoms with Crippen LogP contribution in [-0.2, 0) is 16.0 Å². The van der Waals surface area contributed by atoms with Crippen LogP contribution in [0, 0.1) is 11.3 Å². The molecule has 1 atom stereocenters. The zero-order chi connectivity index (χ0) is 25.9. The third-order valence-electron chi connectivity index (χ3n) is 6.06. The molecule has 0 saturated heterocycles. The van der Waals surface area contributed by atoms with Gasteiger partial charge in [-0.1, -0.05) is 54.6 Å². The molecule has 2 heterocycles. The van der Waals surface area contributed by atoms with Gasteiger partial charge in [0.2, 0.25) is 0 Å². The summed E-state index contributed by atoms with van der Waals surface area (Å²) in [5.41, 5.74) is 2.20. The van der Waals surface area contributed by atoms with Crippen LogP contribution in [0.15, 0.2) is 84.6 Å². The number of carbonyl (C=O) groups is 3. The van der Waals surface area contributed by atoms with Crippen LogP contribution in [-0.4, -0.2) is 50.4 Å². The minimum atomic E-state index is -1.28. The summed E-state index contributed by atoms with van der Waals surface area (Å²) >= 11 is 0. The van der Waals surface area contributed by atoms with Crippen LogP contribution in [0.5, 0.6) is 0 Å². The van der Waals surface area contributed by atoms with Gasteiger partial charge in [0.05, 0.1) is 22.2 Å². The highest BCUT2D eigenvalue weighted by Gasteiger charge is 2.43. The number of nitrogens with zero attached hydrogens (tertiary/aromatic N) is 3. The number of ether oxygens (including phenoxy) is 1. The smallest absolute Gasteiger partial charge is 0.330 e. The number of aliphatic hydroxyl groups excluding tert-OH is 1. The quantitative estimate of drug-likeness (QED) is 0.173. The molecular weight excluding hydrogens is 472 g/mol. The van der Waals surface area contributed by atoms with Crippen LogP contribution >= 0.6 is 0 Å². The maximum absolute atomic E-state index is 13.3. The van der Waals surface area contributed by atoms with E-state index in [0.717, 1.165) is 4.90 Å². The number of imidazole rings is 1. The maximum atomic E-state index is 13.3. The predicted molar refractivity (Wildman–Crippen MR) is 133 cm³/mol. The molecule has 1 aliphatic heterocycles. The minimum Gasteiger partial charge on any atom is -0.507 e. The molecule has 5 rings (SSSR count). The fraction of sp³-hybridized carbons (Fsp3) is 0.107. The Bertz CT molecular complexity index is 1530. The summed E-state index contributed by atoms with van der Waals surface area (Å²) in [4.78, 5) is 47.6. The Hall–Kier alpha value is -5.23. The lowest BCUT2D eigenvalue weighted by Gasteiger charge is -2.24. The van der Waals surface area contributed by atoms with E-state index in [-0.39, 0.29) is 28.9 Å². The van der Waals surface area contributed by atoms with E-state index in [0.29, 0.717) is 16.6 Å². The average molecular weight is 492 g/mol. The summed E-state index contributed by atoms with van der Waals surface area (Å²) in [6, 6.07) is 23.0. The van der Waals surface area contributed by atoms with Gasteiger partial charge in [0, 0.05) is 6.42 Å². The van der Waals surface area contributed by atoms with Crippen molar-refractivity contribution in [1.82, 2.24) is 14.9 Å². The third kappa shape index (κ3) is 4.44. The number of fused-ring (bicyclic) bond motifs is 2. The number of imide groups is 1. The summed E-state index contributed by atoms with van der Waals surface area (Å²) in [6.45, 7) is -0.646. The molecule has 0 spiro atoms. The molecule has 0 radical (unpaired) electrons. The Morgan fingerprint density at radius 1 is 0.973 bits per heavy atom. The van der Waals surface area contributed by atoms with E-state index in [1.165, 1.54) is 12.1 Å². The molecule has 0 saturated carbocycles. The molecular formula is C28H20N4O5. The molecule has 1 aromatic heterocycles. The highest BCUT2D eigenvalue weighted by atomic mass is 16.5. The molecule has 0 unspecified atom stereocenters. The van der Waals surface area contributed by atoms with Crippen LogP contribution < -0.4 is 0 Å². The summed E-state index contributed by atoms with van der Waals surface area (Å²) in [7, 11) is 0. The molecule has 9 heteroatoms. The maximum Gasteiger partial charge on any atom is 0.330 e. The zero-order valence-electron chi connectivity index (χ0n) is 19.4. The Labute approximate surface area is 211 Å². The molecule has 0 aliphatic carbocycles. The number of para-hydroxylation sites is 2. The second-order valence-electron chi connectivity index (χ2n) is 8.38. The molecule has 2 amide bonds. The Balaban J connectivity index is 1.41. The van der Waals surface area contributed by atoms with E-state index in [9.17, 15) is 24.8 Å². The molecule has 3 aromatic carbocycles. The van der Waals surface area contributed by atoms with Crippen molar-refractivity contribution >= 4 is 34.4 Å².